The minimum absolute atomic E-state index is 0.0616. The number of hydrogen-bond donors (Lipinski definition) is 1. The van der Waals surface area contributed by atoms with E-state index in [1.165, 1.54) is 7.11 Å². The molecule has 1 heterocycles. The molecule has 12 heteroatoms. The third kappa shape index (κ3) is 6.99. The molecule has 1 amide bonds. The Labute approximate surface area is 218 Å². The normalized spacial score (nSPS) is 23.2. The molecule has 2 fully saturated rings. The van der Waals surface area contributed by atoms with E-state index >= 15 is 0 Å². The van der Waals surface area contributed by atoms with Crippen molar-refractivity contribution < 1.29 is 45.4 Å². The monoisotopic (exact) mass is 552 g/mol. The molecule has 2 aliphatic rings. The quantitative estimate of drug-likeness (QED) is 0.355. The third-order valence-corrected chi connectivity index (χ3v) is 7.85. The molecule has 0 radical (unpaired) electrons. The van der Waals surface area contributed by atoms with Crippen molar-refractivity contribution in [3.63, 3.8) is 0 Å². The fraction of sp³-hybridized carbons (Fsp3) is 0.692. The highest BCUT2D eigenvalue weighted by molar-refractivity contribution is 5.83. The Hall–Kier alpha value is -2.34. The predicted octanol–water partition coefficient (Wildman–Crippen LogP) is 5.19. The van der Waals surface area contributed by atoms with Crippen LogP contribution < -0.4 is 5.32 Å². The van der Waals surface area contributed by atoms with Gasteiger partial charge in [-0.25, -0.2) is 0 Å². The number of rotatable bonds is 8. The van der Waals surface area contributed by atoms with Gasteiger partial charge in [-0.1, -0.05) is 13.8 Å². The van der Waals surface area contributed by atoms with Crippen LogP contribution in [-0.2, 0) is 38.0 Å². The Morgan fingerprint density at radius 2 is 1.61 bits per heavy atom. The van der Waals surface area contributed by atoms with Crippen LogP contribution in [0.1, 0.15) is 62.6 Å². The average molecular weight is 553 g/mol. The van der Waals surface area contributed by atoms with Crippen LogP contribution in [0.3, 0.4) is 0 Å². The van der Waals surface area contributed by atoms with E-state index in [0.717, 1.165) is 12.8 Å². The number of amides is 1. The molecule has 0 bridgehead atoms. The highest BCUT2D eigenvalue weighted by Gasteiger charge is 2.50. The van der Waals surface area contributed by atoms with E-state index in [2.05, 4.69) is 10.2 Å². The summed E-state index contributed by atoms with van der Waals surface area (Å²) in [6.45, 7) is 4.44. The van der Waals surface area contributed by atoms with Crippen molar-refractivity contribution in [3.05, 3.63) is 34.9 Å². The van der Waals surface area contributed by atoms with Gasteiger partial charge in [0.05, 0.1) is 30.2 Å². The Morgan fingerprint density at radius 1 is 1.03 bits per heavy atom. The first-order valence-electron chi connectivity index (χ1n) is 12.6. The lowest BCUT2D eigenvalue weighted by Crippen LogP contribution is -2.49. The lowest BCUT2D eigenvalue weighted by molar-refractivity contribution is -0.145. The zero-order valence-electron chi connectivity index (χ0n) is 21.7. The minimum atomic E-state index is -4.97. The van der Waals surface area contributed by atoms with E-state index in [-0.39, 0.29) is 36.2 Å². The largest absolute Gasteiger partial charge is 0.468 e. The van der Waals surface area contributed by atoms with Crippen molar-refractivity contribution in [2.24, 2.45) is 11.3 Å². The lowest BCUT2D eigenvalue weighted by atomic mass is 9.74. The fourth-order valence-corrected chi connectivity index (χ4v) is 5.59. The molecule has 1 aliphatic carbocycles. The summed E-state index contributed by atoms with van der Waals surface area (Å²) in [5.74, 6) is -0.978. The highest BCUT2D eigenvalue weighted by Crippen LogP contribution is 2.47. The van der Waals surface area contributed by atoms with Crippen LogP contribution in [0, 0.1) is 11.3 Å². The lowest BCUT2D eigenvalue weighted by Gasteiger charge is -2.39. The van der Waals surface area contributed by atoms with E-state index in [1.807, 2.05) is 13.8 Å². The second kappa shape index (κ2) is 11.8. The summed E-state index contributed by atoms with van der Waals surface area (Å²) >= 11 is 0. The molecule has 1 aromatic carbocycles. The van der Waals surface area contributed by atoms with Gasteiger partial charge in [-0.05, 0) is 61.8 Å². The van der Waals surface area contributed by atoms with Crippen molar-refractivity contribution in [2.75, 3.05) is 26.9 Å². The first-order chi connectivity index (χ1) is 17.7. The number of carbonyl (C=O) groups excluding carboxylic acids is 2. The number of ether oxygens (including phenoxy) is 2. The van der Waals surface area contributed by atoms with Crippen LogP contribution in [0.15, 0.2) is 18.2 Å². The maximum Gasteiger partial charge on any atom is 0.416 e. The van der Waals surface area contributed by atoms with Gasteiger partial charge >= 0.3 is 18.3 Å². The summed E-state index contributed by atoms with van der Waals surface area (Å²) in [4.78, 5) is 27.7. The molecular formula is C26H34F6N2O4. The molecule has 1 aromatic rings. The summed E-state index contributed by atoms with van der Waals surface area (Å²) in [5.41, 5.74) is -4.03. The van der Waals surface area contributed by atoms with E-state index in [0.29, 0.717) is 44.6 Å². The smallest absolute Gasteiger partial charge is 0.416 e. The van der Waals surface area contributed by atoms with Crippen molar-refractivity contribution in [2.45, 2.75) is 76.9 Å². The van der Waals surface area contributed by atoms with Crippen LogP contribution >= 0.6 is 0 Å². The van der Waals surface area contributed by atoms with Gasteiger partial charge in [-0.15, -0.1) is 0 Å². The van der Waals surface area contributed by atoms with Crippen LogP contribution in [0.2, 0.25) is 0 Å². The molecule has 38 heavy (non-hydrogen) atoms. The summed E-state index contributed by atoms with van der Waals surface area (Å²) in [6.07, 6.45) is -6.99. The molecule has 1 aliphatic heterocycles. The third-order valence-electron chi connectivity index (χ3n) is 7.85. The fourth-order valence-electron chi connectivity index (χ4n) is 5.59. The molecule has 2 atom stereocenters. The van der Waals surface area contributed by atoms with Crippen LogP contribution in [-0.4, -0.2) is 55.7 Å². The minimum Gasteiger partial charge on any atom is -0.468 e. The zero-order valence-corrected chi connectivity index (χ0v) is 21.7. The molecule has 214 valence electrons. The van der Waals surface area contributed by atoms with Crippen molar-refractivity contribution in [1.82, 2.24) is 10.2 Å². The number of alkyl halides is 6. The number of halogens is 6. The number of carbonyl (C=O) groups is 2. The van der Waals surface area contributed by atoms with E-state index < -0.39 is 47.3 Å². The summed E-state index contributed by atoms with van der Waals surface area (Å²) in [7, 11) is 1.31. The Bertz CT molecular complexity index is 959. The topological polar surface area (TPSA) is 67.9 Å². The molecule has 0 aromatic heterocycles. The van der Waals surface area contributed by atoms with Crippen molar-refractivity contribution in [3.8, 4) is 0 Å². The van der Waals surface area contributed by atoms with E-state index in [9.17, 15) is 35.9 Å². The summed E-state index contributed by atoms with van der Waals surface area (Å²) in [5, 5.41) is 2.61. The summed E-state index contributed by atoms with van der Waals surface area (Å²) < 4.78 is 89.7. The molecule has 1 N–H and O–H groups in total. The van der Waals surface area contributed by atoms with Gasteiger partial charge < -0.3 is 14.8 Å². The molecular weight excluding hydrogens is 518 g/mol. The number of esters is 1. The van der Waals surface area contributed by atoms with Gasteiger partial charge in [0.15, 0.2) is 0 Å². The van der Waals surface area contributed by atoms with E-state index in [4.69, 9.17) is 9.47 Å². The Balaban J connectivity index is 1.80. The first kappa shape index (κ1) is 30.2. The standard InChI is InChI=1S/C26H34F6N2O4/c1-16(2)24(7-4-21(13-24)34(15-22(35)37-3)20-5-8-38-9-6-20)23(36)33-14-17-10-18(25(27,28)29)12-19(11-17)26(30,31)32/h10-12,16,20-21H,4-9,13-15H2,1-3H3,(H,33,36)/t21?,24-/m0/s1. The zero-order chi connectivity index (χ0) is 28.3. The van der Waals surface area contributed by atoms with Crippen LogP contribution in [0.5, 0.6) is 0 Å². The average Bonchev–Trinajstić information content (AvgIpc) is 3.31. The molecule has 0 spiro atoms. The van der Waals surface area contributed by atoms with E-state index in [1.54, 1.807) is 0 Å². The number of benzene rings is 1. The number of hydrogen-bond acceptors (Lipinski definition) is 5. The van der Waals surface area contributed by atoms with Gasteiger partial charge in [-0.3, -0.25) is 14.5 Å². The van der Waals surface area contributed by atoms with Crippen LogP contribution in [0.25, 0.3) is 0 Å². The maximum absolute atomic E-state index is 13.5. The van der Waals surface area contributed by atoms with Gasteiger partial charge in [0.25, 0.3) is 0 Å². The molecule has 1 saturated carbocycles. The SMILES string of the molecule is COC(=O)CN(C1CCOCC1)C1CC[C@@](C(=O)NCc2cc(C(F)(F)F)cc(C(F)(F)F)c2)(C(C)C)C1. The Kier molecular flexibility index (Phi) is 9.39. The molecule has 3 rings (SSSR count). The van der Waals surface area contributed by atoms with Crippen molar-refractivity contribution in [1.29, 1.82) is 0 Å². The predicted molar refractivity (Wildman–Crippen MR) is 126 cm³/mol. The highest BCUT2D eigenvalue weighted by atomic mass is 19.4. The Morgan fingerprint density at radius 3 is 2.11 bits per heavy atom. The van der Waals surface area contributed by atoms with Gasteiger partial charge in [0.2, 0.25) is 5.91 Å². The molecule has 6 nitrogen and oxygen atoms in total. The maximum atomic E-state index is 13.5. The summed E-state index contributed by atoms with van der Waals surface area (Å²) in [6, 6.07) is 1.27. The second-order valence-electron chi connectivity index (χ2n) is 10.4. The van der Waals surface area contributed by atoms with Gasteiger partial charge in [-0.2, -0.15) is 26.3 Å². The first-order valence-corrected chi connectivity index (χ1v) is 12.6. The van der Waals surface area contributed by atoms with Crippen molar-refractivity contribution >= 4 is 11.9 Å². The van der Waals surface area contributed by atoms with Gasteiger partial charge in [0.1, 0.15) is 0 Å². The number of methoxy groups -OCH3 is 1. The second-order valence-corrected chi connectivity index (χ2v) is 10.4. The molecule has 1 saturated heterocycles. The molecule has 1 unspecified atom stereocenters. The number of nitrogens with zero attached hydrogens (tertiary/aromatic N) is 1. The number of nitrogens with one attached hydrogen (secondary N) is 1. The van der Waals surface area contributed by atoms with Gasteiger partial charge in [0, 0.05) is 31.8 Å². The van der Waals surface area contributed by atoms with Crippen LogP contribution in [0.4, 0.5) is 26.3 Å².